The van der Waals surface area contributed by atoms with Gasteiger partial charge in [0.15, 0.2) is 0 Å². The molecule has 20 heavy (non-hydrogen) atoms. The van der Waals surface area contributed by atoms with E-state index in [4.69, 9.17) is 4.74 Å². The van der Waals surface area contributed by atoms with Gasteiger partial charge in [-0.1, -0.05) is 0 Å². The van der Waals surface area contributed by atoms with Gasteiger partial charge in [0.25, 0.3) is 5.91 Å². The zero-order chi connectivity index (χ0) is 13.9. The summed E-state index contributed by atoms with van der Waals surface area (Å²) in [6, 6.07) is 5.99. The van der Waals surface area contributed by atoms with Crippen molar-refractivity contribution in [2.45, 2.75) is 32.3 Å². The molecule has 1 fully saturated rings. The van der Waals surface area contributed by atoms with Crippen molar-refractivity contribution in [1.29, 1.82) is 0 Å². The Morgan fingerprint density at radius 3 is 3.15 bits per heavy atom. The number of amides is 1. The number of fused-ring (bicyclic) bond motifs is 1. The third kappa shape index (κ3) is 2.66. The maximum Gasteiger partial charge on any atom is 0.253 e. The molecule has 108 valence electrons. The number of carbonyl (C=O) groups excluding carboxylic acids is 1. The van der Waals surface area contributed by atoms with Crippen LogP contribution in [-0.4, -0.2) is 43.2 Å². The van der Waals surface area contributed by atoms with Crippen LogP contribution in [-0.2, 0) is 11.2 Å². The lowest BCUT2D eigenvalue weighted by molar-refractivity contribution is 0.0539. The highest BCUT2D eigenvalue weighted by molar-refractivity contribution is 5.95. The Morgan fingerprint density at radius 2 is 2.40 bits per heavy atom. The first-order chi connectivity index (χ1) is 9.78. The summed E-state index contributed by atoms with van der Waals surface area (Å²) in [6.45, 7) is 5.28. The predicted molar refractivity (Wildman–Crippen MR) is 79.2 cm³/mol. The van der Waals surface area contributed by atoms with Gasteiger partial charge in [-0.2, -0.15) is 0 Å². The minimum atomic E-state index is 0.123. The average Bonchev–Trinajstić information content (AvgIpc) is 3.14. The maximum atomic E-state index is 12.6. The van der Waals surface area contributed by atoms with E-state index in [9.17, 15) is 4.79 Å². The van der Waals surface area contributed by atoms with Crippen LogP contribution in [0, 0.1) is 0 Å². The molecule has 1 amide bonds. The van der Waals surface area contributed by atoms with Crippen LogP contribution in [0.1, 0.15) is 35.7 Å². The fourth-order valence-corrected chi connectivity index (χ4v) is 3.01. The predicted octanol–water partition coefficient (Wildman–Crippen LogP) is 2.30. The molecule has 1 saturated heterocycles. The van der Waals surface area contributed by atoms with Crippen LogP contribution in [0.15, 0.2) is 18.2 Å². The SMILES string of the molecule is CCN(CC1CCCO1)C(=O)c1ccc2c(c1)CCN2. The molecule has 0 aromatic heterocycles. The molecule has 0 saturated carbocycles. The second-order valence-corrected chi connectivity index (χ2v) is 5.53. The topological polar surface area (TPSA) is 41.6 Å². The molecule has 0 spiro atoms. The third-order valence-corrected chi connectivity index (χ3v) is 4.18. The van der Waals surface area contributed by atoms with Crippen molar-refractivity contribution in [3.05, 3.63) is 29.3 Å². The molecule has 0 radical (unpaired) electrons. The molecule has 0 bridgehead atoms. The fraction of sp³-hybridized carbons (Fsp3) is 0.562. The quantitative estimate of drug-likeness (QED) is 0.916. The zero-order valence-corrected chi connectivity index (χ0v) is 12.0. The van der Waals surface area contributed by atoms with Gasteiger partial charge in [0.1, 0.15) is 0 Å². The van der Waals surface area contributed by atoms with E-state index >= 15 is 0 Å². The number of benzene rings is 1. The van der Waals surface area contributed by atoms with Crippen LogP contribution in [0.5, 0.6) is 0 Å². The monoisotopic (exact) mass is 274 g/mol. The number of hydrogen-bond acceptors (Lipinski definition) is 3. The number of nitrogens with zero attached hydrogens (tertiary/aromatic N) is 1. The van der Waals surface area contributed by atoms with E-state index in [1.807, 2.05) is 30.0 Å². The van der Waals surface area contributed by atoms with Crippen molar-refractivity contribution in [3.63, 3.8) is 0 Å². The highest BCUT2D eigenvalue weighted by Crippen LogP contribution is 2.24. The van der Waals surface area contributed by atoms with Gasteiger partial charge >= 0.3 is 0 Å². The molecule has 2 heterocycles. The summed E-state index contributed by atoms with van der Waals surface area (Å²) in [5.41, 5.74) is 3.22. The first kappa shape index (κ1) is 13.4. The van der Waals surface area contributed by atoms with Crippen molar-refractivity contribution in [1.82, 2.24) is 4.90 Å². The fourth-order valence-electron chi connectivity index (χ4n) is 3.01. The Bertz CT molecular complexity index is 495. The lowest BCUT2D eigenvalue weighted by Crippen LogP contribution is -2.37. The molecular weight excluding hydrogens is 252 g/mol. The van der Waals surface area contributed by atoms with E-state index in [1.165, 1.54) is 11.3 Å². The third-order valence-electron chi connectivity index (χ3n) is 4.18. The molecule has 1 aromatic rings. The van der Waals surface area contributed by atoms with Crippen LogP contribution in [0.4, 0.5) is 5.69 Å². The summed E-state index contributed by atoms with van der Waals surface area (Å²) in [7, 11) is 0. The smallest absolute Gasteiger partial charge is 0.253 e. The largest absolute Gasteiger partial charge is 0.384 e. The second kappa shape index (κ2) is 5.83. The summed E-state index contributed by atoms with van der Waals surface area (Å²) < 4.78 is 5.64. The van der Waals surface area contributed by atoms with Gasteiger partial charge in [-0.05, 0) is 49.9 Å². The first-order valence-corrected chi connectivity index (χ1v) is 7.55. The minimum absolute atomic E-state index is 0.123. The summed E-state index contributed by atoms with van der Waals surface area (Å²) >= 11 is 0. The number of carbonyl (C=O) groups is 1. The first-order valence-electron chi connectivity index (χ1n) is 7.55. The summed E-state index contributed by atoms with van der Waals surface area (Å²) in [5.74, 6) is 0.123. The van der Waals surface area contributed by atoms with E-state index in [0.29, 0.717) is 6.54 Å². The van der Waals surface area contributed by atoms with Crippen LogP contribution < -0.4 is 5.32 Å². The molecular formula is C16H22N2O2. The van der Waals surface area contributed by atoms with Crippen LogP contribution in [0.25, 0.3) is 0 Å². The van der Waals surface area contributed by atoms with Gasteiger partial charge in [0.2, 0.25) is 0 Å². The Labute approximate surface area is 120 Å². The molecule has 2 aliphatic rings. The number of nitrogens with one attached hydrogen (secondary N) is 1. The minimum Gasteiger partial charge on any atom is -0.384 e. The van der Waals surface area contributed by atoms with Crippen molar-refractivity contribution in [2.24, 2.45) is 0 Å². The van der Waals surface area contributed by atoms with Crippen molar-refractivity contribution < 1.29 is 9.53 Å². The molecule has 2 aliphatic heterocycles. The Hall–Kier alpha value is -1.55. The molecule has 1 aromatic carbocycles. The number of likely N-dealkylation sites (N-methyl/N-ethyl adjacent to an activating group) is 1. The summed E-state index contributed by atoms with van der Waals surface area (Å²) in [5, 5.41) is 3.32. The average molecular weight is 274 g/mol. The number of anilines is 1. The Kier molecular flexibility index (Phi) is 3.92. The van der Waals surface area contributed by atoms with Gasteiger partial charge in [-0.3, -0.25) is 4.79 Å². The van der Waals surface area contributed by atoms with Crippen LogP contribution in [0.3, 0.4) is 0 Å². The van der Waals surface area contributed by atoms with Gasteiger partial charge in [-0.15, -0.1) is 0 Å². The lowest BCUT2D eigenvalue weighted by Gasteiger charge is -2.24. The number of ether oxygens (including phenoxy) is 1. The number of hydrogen-bond donors (Lipinski definition) is 1. The zero-order valence-electron chi connectivity index (χ0n) is 12.0. The van der Waals surface area contributed by atoms with Gasteiger partial charge in [0.05, 0.1) is 6.10 Å². The summed E-state index contributed by atoms with van der Waals surface area (Å²) in [6.07, 6.45) is 3.41. The van der Waals surface area contributed by atoms with Gasteiger partial charge in [0, 0.05) is 37.5 Å². The molecule has 4 nitrogen and oxygen atoms in total. The second-order valence-electron chi connectivity index (χ2n) is 5.53. The molecule has 4 heteroatoms. The van der Waals surface area contributed by atoms with Crippen molar-refractivity contribution in [3.8, 4) is 0 Å². The maximum absolute atomic E-state index is 12.6. The molecule has 1 atom stereocenters. The molecule has 1 unspecified atom stereocenters. The number of rotatable bonds is 4. The van der Waals surface area contributed by atoms with E-state index in [1.54, 1.807) is 0 Å². The van der Waals surface area contributed by atoms with Crippen molar-refractivity contribution in [2.75, 3.05) is 31.6 Å². The Morgan fingerprint density at radius 1 is 1.50 bits per heavy atom. The normalized spacial score (nSPS) is 20.6. The lowest BCUT2D eigenvalue weighted by atomic mass is 10.1. The highest BCUT2D eigenvalue weighted by atomic mass is 16.5. The highest BCUT2D eigenvalue weighted by Gasteiger charge is 2.23. The summed E-state index contributed by atoms with van der Waals surface area (Å²) in [4.78, 5) is 14.5. The molecule has 0 aliphatic carbocycles. The van der Waals surface area contributed by atoms with Gasteiger partial charge in [-0.25, -0.2) is 0 Å². The van der Waals surface area contributed by atoms with Gasteiger partial charge < -0.3 is 15.0 Å². The molecule has 3 rings (SSSR count). The van der Waals surface area contributed by atoms with Crippen LogP contribution >= 0.6 is 0 Å². The van der Waals surface area contributed by atoms with Crippen LogP contribution in [0.2, 0.25) is 0 Å². The standard InChI is InChI=1S/C16H22N2O2/c1-2-18(11-14-4-3-9-20-14)16(19)13-5-6-15-12(10-13)7-8-17-15/h5-6,10,14,17H,2-4,7-9,11H2,1H3. The van der Waals surface area contributed by atoms with E-state index in [2.05, 4.69) is 5.32 Å². The van der Waals surface area contributed by atoms with Crippen molar-refractivity contribution >= 4 is 11.6 Å². The van der Waals surface area contributed by atoms with E-state index in [0.717, 1.165) is 44.5 Å². The Balaban J connectivity index is 1.72. The van der Waals surface area contributed by atoms with E-state index < -0.39 is 0 Å². The molecule has 1 N–H and O–H groups in total. The van der Waals surface area contributed by atoms with E-state index in [-0.39, 0.29) is 12.0 Å².